The van der Waals surface area contributed by atoms with E-state index in [4.69, 9.17) is 10.5 Å². The van der Waals surface area contributed by atoms with E-state index in [1.807, 2.05) is 18.2 Å². The molecular formula is C16H19BrN2O. The number of nitrogens with one attached hydrogen (secondary N) is 1. The Kier molecular flexibility index (Phi) is 4.90. The third-order valence-corrected chi connectivity index (χ3v) is 3.77. The topological polar surface area (TPSA) is 47.3 Å². The molecule has 0 fully saturated rings. The number of benzene rings is 2. The van der Waals surface area contributed by atoms with E-state index in [1.54, 1.807) is 7.11 Å². The highest BCUT2D eigenvalue weighted by Gasteiger charge is 2.02. The lowest BCUT2D eigenvalue weighted by Crippen LogP contribution is -2.07. The number of nitrogen functional groups attached to an aromatic ring is 1. The molecular weight excluding hydrogens is 316 g/mol. The molecule has 0 heterocycles. The molecule has 4 heteroatoms. The van der Waals surface area contributed by atoms with E-state index in [1.165, 1.54) is 11.1 Å². The van der Waals surface area contributed by atoms with Crippen molar-refractivity contribution in [3.8, 4) is 5.75 Å². The molecule has 0 unspecified atom stereocenters. The van der Waals surface area contributed by atoms with Gasteiger partial charge in [0.1, 0.15) is 5.75 Å². The quantitative estimate of drug-likeness (QED) is 0.812. The molecule has 0 saturated heterocycles. The first-order valence-corrected chi connectivity index (χ1v) is 7.32. The minimum absolute atomic E-state index is 0.784. The van der Waals surface area contributed by atoms with Crippen LogP contribution in [0.15, 0.2) is 40.9 Å². The van der Waals surface area contributed by atoms with Crippen molar-refractivity contribution in [1.29, 1.82) is 0 Å². The number of aryl methyl sites for hydroxylation is 1. The first-order chi connectivity index (χ1) is 9.60. The summed E-state index contributed by atoms with van der Waals surface area (Å²) in [6, 6.07) is 12.1. The summed E-state index contributed by atoms with van der Waals surface area (Å²) >= 11 is 3.50. The van der Waals surface area contributed by atoms with Gasteiger partial charge in [0, 0.05) is 6.54 Å². The molecule has 3 N–H and O–H groups in total. The van der Waals surface area contributed by atoms with Crippen LogP contribution in [0.2, 0.25) is 0 Å². The molecule has 0 atom stereocenters. The fourth-order valence-electron chi connectivity index (χ4n) is 2.03. The molecule has 2 aromatic carbocycles. The zero-order chi connectivity index (χ0) is 14.5. The van der Waals surface area contributed by atoms with Gasteiger partial charge in [0.25, 0.3) is 0 Å². The fraction of sp³-hybridized carbons (Fsp3) is 0.250. The monoisotopic (exact) mass is 334 g/mol. The predicted molar refractivity (Wildman–Crippen MR) is 88.5 cm³/mol. The molecule has 20 heavy (non-hydrogen) atoms. The molecule has 3 nitrogen and oxygen atoms in total. The number of ether oxygens (including phenoxy) is 1. The standard InChI is InChI=1S/C16H19BrN2O/c1-11-3-5-14(18)15(9-11)19-8-7-12-4-6-16(20-2)13(17)10-12/h3-6,9-10,19H,7-8,18H2,1-2H3. The minimum Gasteiger partial charge on any atom is -0.496 e. The highest BCUT2D eigenvalue weighted by molar-refractivity contribution is 9.10. The first-order valence-electron chi connectivity index (χ1n) is 6.52. The predicted octanol–water partition coefficient (Wildman–Crippen LogP) is 4.00. The number of hydrogen-bond acceptors (Lipinski definition) is 3. The van der Waals surface area contributed by atoms with E-state index in [-0.39, 0.29) is 0 Å². The summed E-state index contributed by atoms with van der Waals surface area (Å²) in [6.07, 6.45) is 0.927. The van der Waals surface area contributed by atoms with Crippen LogP contribution in [0.4, 0.5) is 11.4 Å². The molecule has 0 aliphatic rings. The van der Waals surface area contributed by atoms with E-state index in [0.29, 0.717) is 0 Å². The zero-order valence-corrected chi connectivity index (χ0v) is 13.3. The van der Waals surface area contributed by atoms with E-state index in [0.717, 1.165) is 34.6 Å². The third kappa shape index (κ3) is 3.67. The van der Waals surface area contributed by atoms with Gasteiger partial charge < -0.3 is 15.8 Å². The maximum Gasteiger partial charge on any atom is 0.133 e. The van der Waals surface area contributed by atoms with Gasteiger partial charge in [-0.3, -0.25) is 0 Å². The van der Waals surface area contributed by atoms with Crippen LogP contribution in [0.5, 0.6) is 5.75 Å². The molecule has 0 bridgehead atoms. The van der Waals surface area contributed by atoms with Gasteiger partial charge in [-0.25, -0.2) is 0 Å². The van der Waals surface area contributed by atoms with Crippen molar-refractivity contribution >= 4 is 27.3 Å². The van der Waals surface area contributed by atoms with Crippen molar-refractivity contribution in [2.24, 2.45) is 0 Å². The number of methoxy groups -OCH3 is 1. The second-order valence-electron chi connectivity index (χ2n) is 4.74. The third-order valence-electron chi connectivity index (χ3n) is 3.15. The zero-order valence-electron chi connectivity index (χ0n) is 11.7. The van der Waals surface area contributed by atoms with Crippen molar-refractivity contribution in [2.75, 3.05) is 24.7 Å². The molecule has 0 saturated carbocycles. The van der Waals surface area contributed by atoms with Gasteiger partial charge in [-0.15, -0.1) is 0 Å². The van der Waals surface area contributed by atoms with Crippen LogP contribution in [0.25, 0.3) is 0 Å². The normalized spacial score (nSPS) is 10.3. The van der Waals surface area contributed by atoms with Crippen LogP contribution in [0.1, 0.15) is 11.1 Å². The Balaban J connectivity index is 1.96. The number of anilines is 2. The van der Waals surface area contributed by atoms with Gasteiger partial charge in [-0.2, -0.15) is 0 Å². The lowest BCUT2D eigenvalue weighted by molar-refractivity contribution is 0.412. The average Bonchev–Trinajstić information content (AvgIpc) is 2.43. The summed E-state index contributed by atoms with van der Waals surface area (Å²) in [5.74, 6) is 0.852. The SMILES string of the molecule is COc1ccc(CCNc2cc(C)ccc2N)cc1Br. The van der Waals surface area contributed by atoms with E-state index in [9.17, 15) is 0 Å². The summed E-state index contributed by atoms with van der Waals surface area (Å²) in [6.45, 7) is 2.90. The van der Waals surface area contributed by atoms with Crippen molar-refractivity contribution in [1.82, 2.24) is 0 Å². The lowest BCUT2D eigenvalue weighted by atomic mass is 10.1. The Morgan fingerprint density at radius 1 is 1.20 bits per heavy atom. The van der Waals surface area contributed by atoms with Crippen LogP contribution < -0.4 is 15.8 Å². The molecule has 0 amide bonds. The first kappa shape index (κ1) is 14.7. The Labute approximate surface area is 128 Å². The van der Waals surface area contributed by atoms with Crippen molar-refractivity contribution < 1.29 is 4.74 Å². The van der Waals surface area contributed by atoms with Crippen LogP contribution in [0, 0.1) is 6.92 Å². The number of rotatable bonds is 5. The maximum atomic E-state index is 5.94. The molecule has 106 valence electrons. The van der Waals surface area contributed by atoms with Crippen LogP contribution in [0.3, 0.4) is 0 Å². The fourth-order valence-corrected chi connectivity index (χ4v) is 2.62. The van der Waals surface area contributed by atoms with Crippen LogP contribution in [-0.2, 0) is 6.42 Å². The van der Waals surface area contributed by atoms with Gasteiger partial charge in [0.2, 0.25) is 0 Å². The second kappa shape index (κ2) is 6.66. The molecule has 0 spiro atoms. The van der Waals surface area contributed by atoms with E-state index < -0.39 is 0 Å². The van der Waals surface area contributed by atoms with Crippen molar-refractivity contribution in [3.05, 3.63) is 52.0 Å². The maximum absolute atomic E-state index is 5.94. The van der Waals surface area contributed by atoms with Gasteiger partial charge in [-0.1, -0.05) is 12.1 Å². The lowest BCUT2D eigenvalue weighted by Gasteiger charge is -2.11. The largest absolute Gasteiger partial charge is 0.496 e. The Morgan fingerprint density at radius 3 is 2.70 bits per heavy atom. The van der Waals surface area contributed by atoms with Crippen molar-refractivity contribution in [3.63, 3.8) is 0 Å². The number of hydrogen-bond donors (Lipinski definition) is 2. The molecule has 2 aromatic rings. The number of halogens is 1. The van der Waals surface area contributed by atoms with Crippen LogP contribution >= 0.6 is 15.9 Å². The molecule has 2 rings (SSSR count). The Morgan fingerprint density at radius 2 is 2.00 bits per heavy atom. The summed E-state index contributed by atoms with van der Waals surface area (Å²) in [5.41, 5.74) is 10.2. The summed E-state index contributed by atoms with van der Waals surface area (Å²) in [7, 11) is 1.67. The summed E-state index contributed by atoms with van der Waals surface area (Å²) in [4.78, 5) is 0. The molecule has 0 aliphatic carbocycles. The van der Waals surface area contributed by atoms with Crippen molar-refractivity contribution in [2.45, 2.75) is 13.3 Å². The Hall–Kier alpha value is -1.68. The second-order valence-corrected chi connectivity index (χ2v) is 5.59. The molecule has 0 aliphatic heterocycles. The van der Waals surface area contributed by atoms with Gasteiger partial charge in [-0.05, 0) is 64.7 Å². The van der Waals surface area contributed by atoms with Gasteiger partial charge in [0.15, 0.2) is 0 Å². The van der Waals surface area contributed by atoms with Crippen LogP contribution in [-0.4, -0.2) is 13.7 Å². The molecule has 0 aromatic heterocycles. The van der Waals surface area contributed by atoms with Gasteiger partial charge >= 0.3 is 0 Å². The number of nitrogens with two attached hydrogens (primary N) is 1. The Bertz CT molecular complexity index is 599. The minimum atomic E-state index is 0.784. The summed E-state index contributed by atoms with van der Waals surface area (Å²) in [5, 5.41) is 3.38. The smallest absolute Gasteiger partial charge is 0.133 e. The highest BCUT2D eigenvalue weighted by Crippen LogP contribution is 2.26. The summed E-state index contributed by atoms with van der Waals surface area (Å²) < 4.78 is 6.20. The average molecular weight is 335 g/mol. The highest BCUT2D eigenvalue weighted by atomic mass is 79.9. The van der Waals surface area contributed by atoms with E-state index in [2.05, 4.69) is 46.4 Å². The molecule has 0 radical (unpaired) electrons. The van der Waals surface area contributed by atoms with E-state index >= 15 is 0 Å². The van der Waals surface area contributed by atoms with Gasteiger partial charge in [0.05, 0.1) is 23.0 Å².